The van der Waals surface area contributed by atoms with Crippen LogP contribution in [0, 0.1) is 0 Å². The van der Waals surface area contributed by atoms with E-state index in [4.69, 9.17) is 5.73 Å². The molecule has 0 amide bonds. The van der Waals surface area contributed by atoms with E-state index in [-0.39, 0.29) is 0 Å². The lowest BCUT2D eigenvalue weighted by Crippen LogP contribution is -1.93. The van der Waals surface area contributed by atoms with E-state index in [1.54, 1.807) is 0 Å². The fourth-order valence-electron chi connectivity index (χ4n) is 3.78. The maximum absolute atomic E-state index is 5.80. The predicted octanol–water partition coefficient (Wildman–Crippen LogP) is 7.50. The van der Waals surface area contributed by atoms with Crippen molar-refractivity contribution < 1.29 is 0 Å². The van der Waals surface area contributed by atoms with Crippen LogP contribution in [0.1, 0.15) is 0 Å². The highest BCUT2D eigenvalue weighted by molar-refractivity contribution is 5.90. The Kier molecular flexibility index (Phi) is 4.66. The van der Waals surface area contributed by atoms with Crippen molar-refractivity contribution in [2.24, 2.45) is 0 Å². The molecule has 2 nitrogen and oxygen atoms in total. The quantitative estimate of drug-likeness (QED) is 0.314. The van der Waals surface area contributed by atoms with Crippen LogP contribution in [0.2, 0.25) is 0 Å². The minimum absolute atomic E-state index is 0.780. The largest absolute Gasteiger partial charge is 0.399 e. The molecule has 0 fully saturated rings. The van der Waals surface area contributed by atoms with Gasteiger partial charge in [0.1, 0.15) is 0 Å². The molecule has 2 heteroatoms. The summed E-state index contributed by atoms with van der Waals surface area (Å²) in [7, 11) is 0. The van der Waals surface area contributed by atoms with Crippen LogP contribution in [-0.4, -0.2) is 0 Å². The van der Waals surface area contributed by atoms with Crippen LogP contribution in [0.25, 0.3) is 33.0 Å². The normalized spacial score (nSPS) is 10.8. The van der Waals surface area contributed by atoms with Crippen molar-refractivity contribution in [3.8, 4) is 22.3 Å². The van der Waals surface area contributed by atoms with E-state index in [0.29, 0.717) is 0 Å². The van der Waals surface area contributed by atoms with Gasteiger partial charge in [-0.15, -0.1) is 0 Å². The molecule has 0 aromatic heterocycles. The van der Waals surface area contributed by atoms with E-state index in [2.05, 4.69) is 96.3 Å². The van der Waals surface area contributed by atoms with Crippen LogP contribution < -0.4 is 11.1 Å². The predicted molar refractivity (Wildman–Crippen MR) is 129 cm³/mol. The molecule has 0 atom stereocenters. The molecule has 30 heavy (non-hydrogen) atoms. The summed E-state index contributed by atoms with van der Waals surface area (Å²) in [6, 6.07) is 40.0. The third-order valence-corrected chi connectivity index (χ3v) is 5.40. The standard InChI is InChI=1S/C28H22N2/c29-25-15-11-21(12-16-25)22-13-17-26(18-14-22)30-28-8-4-3-7-27(28)24-10-9-20-5-1-2-6-23(20)19-24/h1-19,30H,29H2. The Morgan fingerprint density at radius 3 is 1.87 bits per heavy atom. The van der Waals surface area contributed by atoms with Crippen molar-refractivity contribution in [2.45, 2.75) is 0 Å². The number of rotatable bonds is 4. The Hall–Kier alpha value is -4.04. The van der Waals surface area contributed by atoms with Gasteiger partial charge in [0.2, 0.25) is 0 Å². The van der Waals surface area contributed by atoms with Gasteiger partial charge in [0.05, 0.1) is 0 Å². The molecule has 0 heterocycles. The monoisotopic (exact) mass is 386 g/mol. The molecule has 144 valence electrons. The second-order valence-electron chi connectivity index (χ2n) is 7.43. The van der Waals surface area contributed by atoms with E-state index in [9.17, 15) is 0 Å². The first-order chi connectivity index (χ1) is 14.8. The maximum atomic E-state index is 5.80. The summed E-state index contributed by atoms with van der Waals surface area (Å²) in [5.41, 5.74) is 13.4. The van der Waals surface area contributed by atoms with Crippen molar-refractivity contribution in [3.05, 3.63) is 115 Å². The van der Waals surface area contributed by atoms with Gasteiger partial charge in [0, 0.05) is 22.6 Å². The Morgan fingerprint density at radius 2 is 1.10 bits per heavy atom. The average Bonchev–Trinajstić information content (AvgIpc) is 2.80. The zero-order chi connectivity index (χ0) is 20.3. The minimum atomic E-state index is 0.780. The topological polar surface area (TPSA) is 38.0 Å². The summed E-state index contributed by atoms with van der Waals surface area (Å²) >= 11 is 0. The van der Waals surface area contributed by atoms with Gasteiger partial charge in [-0.3, -0.25) is 0 Å². The van der Waals surface area contributed by atoms with Crippen LogP contribution in [0.5, 0.6) is 0 Å². The first kappa shape index (κ1) is 18.0. The van der Waals surface area contributed by atoms with Crippen molar-refractivity contribution in [1.82, 2.24) is 0 Å². The van der Waals surface area contributed by atoms with Gasteiger partial charge in [0.15, 0.2) is 0 Å². The molecule has 5 aromatic carbocycles. The Balaban J connectivity index is 1.44. The summed E-state index contributed by atoms with van der Waals surface area (Å²) < 4.78 is 0. The maximum Gasteiger partial charge on any atom is 0.0463 e. The number of nitrogen functional groups attached to an aromatic ring is 1. The van der Waals surface area contributed by atoms with Gasteiger partial charge in [-0.25, -0.2) is 0 Å². The molecule has 0 aliphatic carbocycles. The smallest absolute Gasteiger partial charge is 0.0463 e. The molecular weight excluding hydrogens is 364 g/mol. The molecule has 5 aromatic rings. The minimum Gasteiger partial charge on any atom is -0.399 e. The number of hydrogen-bond acceptors (Lipinski definition) is 2. The Labute approximate surface area is 176 Å². The van der Waals surface area contributed by atoms with Crippen molar-refractivity contribution in [2.75, 3.05) is 11.1 Å². The van der Waals surface area contributed by atoms with Gasteiger partial charge in [-0.1, -0.05) is 78.9 Å². The van der Waals surface area contributed by atoms with Crippen LogP contribution in [0.15, 0.2) is 115 Å². The lowest BCUT2D eigenvalue weighted by molar-refractivity contribution is 1.53. The number of benzene rings is 5. The number of nitrogens with one attached hydrogen (secondary N) is 1. The number of fused-ring (bicyclic) bond motifs is 1. The van der Waals surface area contributed by atoms with E-state index in [1.807, 2.05) is 24.3 Å². The van der Waals surface area contributed by atoms with E-state index in [1.165, 1.54) is 27.5 Å². The number of para-hydroxylation sites is 1. The van der Waals surface area contributed by atoms with Crippen molar-refractivity contribution in [3.63, 3.8) is 0 Å². The summed E-state index contributed by atoms with van der Waals surface area (Å²) in [4.78, 5) is 0. The van der Waals surface area contributed by atoms with Gasteiger partial charge >= 0.3 is 0 Å². The van der Waals surface area contributed by atoms with E-state index in [0.717, 1.165) is 22.6 Å². The van der Waals surface area contributed by atoms with Crippen molar-refractivity contribution in [1.29, 1.82) is 0 Å². The average molecular weight is 386 g/mol. The van der Waals surface area contributed by atoms with E-state index < -0.39 is 0 Å². The molecule has 5 rings (SSSR count). The number of hydrogen-bond donors (Lipinski definition) is 2. The molecule has 0 radical (unpaired) electrons. The van der Waals surface area contributed by atoms with Crippen molar-refractivity contribution >= 4 is 27.8 Å². The van der Waals surface area contributed by atoms with Gasteiger partial charge in [0.25, 0.3) is 0 Å². The molecule has 3 N–H and O–H groups in total. The summed E-state index contributed by atoms with van der Waals surface area (Å²) in [6.45, 7) is 0. The molecular formula is C28H22N2. The highest BCUT2D eigenvalue weighted by Crippen LogP contribution is 2.33. The van der Waals surface area contributed by atoms with Gasteiger partial charge < -0.3 is 11.1 Å². The zero-order valence-corrected chi connectivity index (χ0v) is 16.5. The first-order valence-corrected chi connectivity index (χ1v) is 10.1. The van der Waals surface area contributed by atoms with Gasteiger partial charge in [-0.05, 0) is 63.9 Å². The lowest BCUT2D eigenvalue weighted by atomic mass is 9.99. The molecule has 0 unspecified atom stereocenters. The molecule has 0 bridgehead atoms. The van der Waals surface area contributed by atoms with E-state index >= 15 is 0 Å². The van der Waals surface area contributed by atoms with Crippen LogP contribution in [-0.2, 0) is 0 Å². The lowest BCUT2D eigenvalue weighted by Gasteiger charge is -2.13. The second-order valence-corrected chi connectivity index (χ2v) is 7.43. The fraction of sp³-hybridized carbons (Fsp3) is 0. The van der Waals surface area contributed by atoms with Crippen LogP contribution in [0.4, 0.5) is 17.1 Å². The second kappa shape index (κ2) is 7.76. The highest BCUT2D eigenvalue weighted by atomic mass is 14.9. The summed E-state index contributed by atoms with van der Waals surface area (Å²) in [5.74, 6) is 0. The third-order valence-electron chi connectivity index (χ3n) is 5.40. The third kappa shape index (κ3) is 3.63. The molecule has 0 saturated heterocycles. The first-order valence-electron chi connectivity index (χ1n) is 10.1. The Bertz CT molecular complexity index is 1300. The summed E-state index contributed by atoms with van der Waals surface area (Å²) in [6.07, 6.45) is 0. The molecule has 0 aliphatic heterocycles. The van der Waals surface area contributed by atoms with Crippen LogP contribution >= 0.6 is 0 Å². The molecule has 0 aliphatic rings. The Morgan fingerprint density at radius 1 is 0.500 bits per heavy atom. The highest BCUT2D eigenvalue weighted by Gasteiger charge is 2.06. The molecule has 0 spiro atoms. The zero-order valence-electron chi connectivity index (χ0n) is 16.5. The fourth-order valence-corrected chi connectivity index (χ4v) is 3.78. The van der Waals surface area contributed by atoms with Crippen LogP contribution in [0.3, 0.4) is 0 Å². The number of nitrogens with two attached hydrogens (primary N) is 1. The number of anilines is 3. The SMILES string of the molecule is Nc1ccc(-c2ccc(Nc3ccccc3-c3ccc4ccccc4c3)cc2)cc1. The van der Waals surface area contributed by atoms with Gasteiger partial charge in [-0.2, -0.15) is 0 Å². The molecule has 0 saturated carbocycles. The summed E-state index contributed by atoms with van der Waals surface area (Å²) in [5, 5.41) is 6.09.